The Morgan fingerprint density at radius 3 is 2.65 bits per heavy atom. The lowest BCUT2D eigenvalue weighted by molar-refractivity contribution is -0.204. The summed E-state index contributed by atoms with van der Waals surface area (Å²) in [6.45, 7) is 3.22. The molecule has 4 aliphatic rings. The minimum atomic E-state index is -4.39. The van der Waals surface area contributed by atoms with Crippen LogP contribution < -0.4 is 0 Å². The van der Waals surface area contributed by atoms with Crippen molar-refractivity contribution in [2.24, 2.45) is 29.6 Å². The lowest BCUT2D eigenvalue weighted by Crippen LogP contribution is -2.49. The van der Waals surface area contributed by atoms with E-state index in [1.165, 1.54) is 6.07 Å². The van der Waals surface area contributed by atoms with Gasteiger partial charge in [0.05, 0.1) is 30.4 Å². The Morgan fingerprint density at radius 1 is 1.11 bits per heavy atom. The lowest BCUT2D eigenvalue weighted by Gasteiger charge is -2.49. The smallest absolute Gasteiger partial charge is 0.416 e. The number of aromatic nitrogens is 1. The first-order valence-electron chi connectivity index (χ1n) is 13.0. The highest BCUT2D eigenvalue weighted by atomic mass is 19.4. The van der Waals surface area contributed by atoms with Crippen molar-refractivity contribution >= 4 is 12.0 Å². The molecule has 2 aliphatic heterocycles. The summed E-state index contributed by atoms with van der Waals surface area (Å²) in [6, 6.07) is 8.87. The number of ether oxygens (including phenoxy) is 3. The van der Waals surface area contributed by atoms with Crippen LogP contribution in [0, 0.1) is 29.6 Å². The number of cyclic esters (lactones) is 1. The lowest BCUT2D eigenvalue weighted by atomic mass is 9.56. The fourth-order valence-electron chi connectivity index (χ4n) is 7.11. The van der Waals surface area contributed by atoms with E-state index in [9.17, 15) is 18.0 Å². The van der Waals surface area contributed by atoms with Gasteiger partial charge in [-0.15, -0.1) is 0 Å². The van der Waals surface area contributed by atoms with Crippen LogP contribution in [0.3, 0.4) is 0 Å². The number of alkyl halides is 3. The minimum Gasteiger partial charge on any atom is -0.462 e. The van der Waals surface area contributed by atoms with Gasteiger partial charge in [-0.25, -0.2) is 0 Å². The SMILES string of the molecule is C[C@H]1OC(=O)[C@@H]2C[C@@H]3CC4(CC[C@H]3[C@H](/C=C/c3ccc(-c5cccc(C(F)(F)F)c5)cn3)[C@H]12)OCCO4. The van der Waals surface area contributed by atoms with Gasteiger partial charge in [-0.2, -0.15) is 13.2 Å². The van der Waals surface area contributed by atoms with E-state index in [2.05, 4.69) is 11.1 Å². The van der Waals surface area contributed by atoms with Crippen LogP contribution >= 0.6 is 0 Å². The molecular formula is C29H30F3NO4. The number of hydrogen-bond donors (Lipinski definition) is 0. The maximum atomic E-state index is 13.1. The molecule has 4 fully saturated rings. The number of allylic oxidation sites excluding steroid dienone is 1. The van der Waals surface area contributed by atoms with Crippen molar-refractivity contribution in [3.8, 4) is 11.1 Å². The van der Waals surface area contributed by atoms with Crippen LogP contribution in [0.25, 0.3) is 17.2 Å². The normalized spacial score (nSPS) is 32.9. The fraction of sp³-hybridized carbons (Fsp3) is 0.517. The number of benzene rings is 1. The van der Waals surface area contributed by atoms with Crippen molar-refractivity contribution in [3.63, 3.8) is 0 Å². The van der Waals surface area contributed by atoms with Crippen LogP contribution in [0.5, 0.6) is 0 Å². The molecule has 1 spiro atoms. The topological polar surface area (TPSA) is 57.7 Å². The van der Waals surface area contributed by atoms with Crippen molar-refractivity contribution in [1.29, 1.82) is 0 Å². The minimum absolute atomic E-state index is 0.106. The zero-order valence-corrected chi connectivity index (χ0v) is 20.6. The van der Waals surface area contributed by atoms with E-state index in [1.54, 1.807) is 18.3 Å². The number of nitrogens with zero attached hydrogens (tertiary/aromatic N) is 1. The molecule has 0 N–H and O–H groups in total. The molecule has 0 bridgehead atoms. The molecular weight excluding hydrogens is 483 g/mol. The van der Waals surface area contributed by atoms with Gasteiger partial charge in [-0.1, -0.05) is 24.3 Å². The van der Waals surface area contributed by atoms with E-state index in [0.717, 1.165) is 43.5 Å². The average molecular weight is 514 g/mol. The molecule has 6 atom stereocenters. The highest BCUT2D eigenvalue weighted by Crippen LogP contribution is 2.56. The molecule has 37 heavy (non-hydrogen) atoms. The molecule has 1 aromatic heterocycles. The maximum absolute atomic E-state index is 13.1. The van der Waals surface area contributed by atoms with E-state index in [-0.39, 0.29) is 29.8 Å². The molecule has 5 nitrogen and oxygen atoms in total. The molecule has 2 saturated carbocycles. The van der Waals surface area contributed by atoms with Gasteiger partial charge in [0.1, 0.15) is 6.10 Å². The Bertz CT molecular complexity index is 1190. The molecule has 2 aromatic rings. The van der Waals surface area contributed by atoms with E-state index in [1.807, 2.05) is 19.1 Å². The van der Waals surface area contributed by atoms with Crippen molar-refractivity contribution in [2.45, 2.75) is 50.7 Å². The third kappa shape index (κ3) is 4.59. The Hall–Kier alpha value is -2.71. The Labute approximate surface area is 214 Å². The highest BCUT2D eigenvalue weighted by molar-refractivity contribution is 5.75. The number of carbonyl (C=O) groups excluding carboxylic acids is 1. The van der Waals surface area contributed by atoms with Crippen LogP contribution in [0.2, 0.25) is 0 Å². The Kier molecular flexibility index (Phi) is 6.15. The van der Waals surface area contributed by atoms with Gasteiger partial charge in [0.15, 0.2) is 5.79 Å². The molecule has 2 saturated heterocycles. The zero-order chi connectivity index (χ0) is 25.8. The van der Waals surface area contributed by atoms with E-state index in [4.69, 9.17) is 14.2 Å². The fourth-order valence-corrected chi connectivity index (χ4v) is 7.11. The summed E-state index contributed by atoms with van der Waals surface area (Å²) in [5, 5.41) is 0. The van der Waals surface area contributed by atoms with E-state index >= 15 is 0 Å². The monoisotopic (exact) mass is 513 g/mol. The van der Waals surface area contributed by atoms with Crippen LogP contribution in [0.1, 0.15) is 43.9 Å². The van der Waals surface area contributed by atoms with Crippen LogP contribution in [0.15, 0.2) is 48.7 Å². The summed E-state index contributed by atoms with van der Waals surface area (Å²) >= 11 is 0. The molecule has 0 radical (unpaired) electrons. The molecule has 8 heteroatoms. The quantitative estimate of drug-likeness (QED) is 0.462. The molecule has 1 aromatic carbocycles. The van der Waals surface area contributed by atoms with Gasteiger partial charge in [0.25, 0.3) is 0 Å². The molecule has 6 rings (SSSR count). The third-order valence-corrected chi connectivity index (χ3v) is 8.76. The molecule has 3 heterocycles. The predicted octanol–water partition coefficient (Wildman–Crippen LogP) is 6.14. The summed E-state index contributed by atoms with van der Waals surface area (Å²) < 4.78 is 57.0. The second-order valence-electron chi connectivity index (χ2n) is 10.8. The second kappa shape index (κ2) is 9.24. The second-order valence-corrected chi connectivity index (χ2v) is 10.8. The number of halogens is 3. The number of pyridine rings is 1. The average Bonchev–Trinajstić information content (AvgIpc) is 3.45. The summed E-state index contributed by atoms with van der Waals surface area (Å²) in [6.07, 6.45) is 4.65. The predicted molar refractivity (Wildman–Crippen MR) is 130 cm³/mol. The van der Waals surface area contributed by atoms with Gasteiger partial charge in [0, 0.05) is 30.5 Å². The van der Waals surface area contributed by atoms with Gasteiger partial charge < -0.3 is 14.2 Å². The largest absolute Gasteiger partial charge is 0.462 e. The first-order chi connectivity index (χ1) is 17.7. The Balaban J connectivity index is 1.24. The summed E-state index contributed by atoms with van der Waals surface area (Å²) in [5.41, 5.74) is 1.14. The number of rotatable bonds is 3. The number of hydrogen-bond acceptors (Lipinski definition) is 5. The zero-order valence-electron chi connectivity index (χ0n) is 20.6. The van der Waals surface area contributed by atoms with Crippen molar-refractivity contribution in [3.05, 3.63) is 59.9 Å². The van der Waals surface area contributed by atoms with E-state index in [0.29, 0.717) is 36.2 Å². The standard InChI is InChI=1S/C29H30F3NO4/c1-17-26-24(23-9-10-28(35-11-12-36-28)15-20(23)14-25(26)27(34)37-17)8-7-22-6-5-19(16-33-22)18-3-2-4-21(13-18)29(30,31)32/h2-8,13,16-17,20,23-26H,9-12,14-15H2,1H3/b8-7+/t17-,20-,23-,24+,25-,26+/m1/s1. The third-order valence-electron chi connectivity index (χ3n) is 8.76. The van der Waals surface area contributed by atoms with Gasteiger partial charge >= 0.3 is 12.1 Å². The van der Waals surface area contributed by atoms with Gasteiger partial charge in [0.2, 0.25) is 0 Å². The molecule has 2 aliphatic carbocycles. The molecule has 0 amide bonds. The molecule has 196 valence electrons. The number of carbonyl (C=O) groups is 1. The number of esters is 1. The number of fused-ring (bicyclic) bond motifs is 2. The van der Waals surface area contributed by atoms with Crippen molar-refractivity contribution in [1.82, 2.24) is 4.98 Å². The summed E-state index contributed by atoms with van der Waals surface area (Å²) in [5.74, 6) is 0.262. The first-order valence-corrected chi connectivity index (χ1v) is 13.0. The summed E-state index contributed by atoms with van der Waals surface area (Å²) in [4.78, 5) is 17.2. The van der Waals surface area contributed by atoms with Gasteiger partial charge in [-0.05, 0) is 67.4 Å². The van der Waals surface area contributed by atoms with Crippen LogP contribution in [0.4, 0.5) is 13.2 Å². The van der Waals surface area contributed by atoms with Crippen molar-refractivity contribution in [2.75, 3.05) is 13.2 Å². The Morgan fingerprint density at radius 2 is 1.92 bits per heavy atom. The maximum Gasteiger partial charge on any atom is 0.416 e. The van der Waals surface area contributed by atoms with E-state index < -0.39 is 17.5 Å². The molecule has 0 unspecified atom stereocenters. The summed E-state index contributed by atoms with van der Waals surface area (Å²) in [7, 11) is 0. The highest BCUT2D eigenvalue weighted by Gasteiger charge is 2.57. The van der Waals surface area contributed by atoms with Gasteiger partial charge in [-0.3, -0.25) is 9.78 Å². The van der Waals surface area contributed by atoms with Crippen LogP contribution in [-0.4, -0.2) is 36.1 Å². The first kappa shape index (κ1) is 24.6. The van der Waals surface area contributed by atoms with Crippen molar-refractivity contribution < 1.29 is 32.2 Å². The van der Waals surface area contributed by atoms with Crippen LogP contribution in [-0.2, 0) is 25.2 Å².